The fourth-order valence-electron chi connectivity index (χ4n) is 3.30. The Morgan fingerprint density at radius 2 is 1.26 bits per heavy atom. The number of nitrogens with one attached hydrogen (secondary N) is 1. The summed E-state index contributed by atoms with van der Waals surface area (Å²) < 4.78 is 0. The monoisotopic (exact) mass is 265 g/mol. The molecule has 2 heteroatoms. The van der Waals surface area contributed by atoms with E-state index < -0.39 is 0 Å². The SMILES string of the molecule is C[C@H]1C[C@H]1C(=O)NC1CCCCCCCCCCC1. The van der Waals surface area contributed by atoms with Gasteiger partial charge in [0.1, 0.15) is 0 Å². The van der Waals surface area contributed by atoms with Gasteiger partial charge in [-0.2, -0.15) is 0 Å². The summed E-state index contributed by atoms with van der Waals surface area (Å²) >= 11 is 0. The fourth-order valence-corrected chi connectivity index (χ4v) is 3.30. The molecule has 1 amide bonds. The second-order valence-corrected chi connectivity index (χ2v) is 6.78. The van der Waals surface area contributed by atoms with Crippen molar-refractivity contribution in [3.63, 3.8) is 0 Å². The van der Waals surface area contributed by atoms with Gasteiger partial charge in [-0.1, -0.05) is 64.7 Å². The molecule has 2 nitrogen and oxygen atoms in total. The highest BCUT2D eigenvalue weighted by Gasteiger charge is 2.39. The average molecular weight is 265 g/mol. The van der Waals surface area contributed by atoms with Crippen molar-refractivity contribution in [2.24, 2.45) is 11.8 Å². The van der Waals surface area contributed by atoms with Gasteiger partial charge in [-0.05, 0) is 25.2 Å². The van der Waals surface area contributed by atoms with Crippen molar-refractivity contribution in [2.45, 2.75) is 90.0 Å². The number of hydrogen-bond acceptors (Lipinski definition) is 1. The third kappa shape index (κ3) is 5.54. The molecular weight excluding hydrogens is 234 g/mol. The molecule has 2 saturated carbocycles. The standard InChI is InChI=1S/C17H31NO/c1-14-13-16(14)17(19)18-15-11-9-7-5-3-2-4-6-8-10-12-15/h14-16H,2-13H2,1H3,(H,18,19)/t14-,16+/m0/s1. The van der Waals surface area contributed by atoms with Gasteiger partial charge in [0.25, 0.3) is 0 Å². The minimum Gasteiger partial charge on any atom is -0.353 e. The normalized spacial score (nSPS) is 31.0. The molecule has 1 N–H and O–H groups in total. The van der Waals surface area contributed by atoms with Gasteiger partial charge in [0.15, 0.2) is 0 Å². The van der Waals surface area contributed by atoms with E-state index in [2.05, 4.69) is 12.2 Å². The van der Waals surface area contributed by atoms with Crippen molar-refractivity contribution in [2.75, 3.05) is 0 Å². The molecule has 0 spiro atoms. The third-order valence-electron chi connectivity index (χ3n) is 4.90. The Morgan fingerprint density at radius 3 is 1.68 bits per heavy atom. The quantitative estimate of drug-likeness (QED) is 0.786. The first kappa shape index (κ1) is 14.9. The van der Waals surface area contributed by atoms with E-state index in [-0.39, 0.29) is 0 Å². The maximum Gasteiger partial charge on any atom is 0.223 e. The summed E-state index contributed by atoms with van der Waals surface area (Å²) in [6, 6.07) is 0.458. The van der Waals surface area contributed by atoms with Crippen LogP contribution < -0.4 is 5.32 Å². The molecule has 0 saturated heterocycles. The molecule has 0 aliphatic heterocycles. The summed E-state index contributed by atoms with van der Waals surface area (Å²) in [7, 11) is 0. The fraction of sp³-hybridized carbons (Fsp3) is 0.941. The maximum atomic E-state index is 12.0. The molecule has 0 radical (unpaired) electrons. The molecule has 2 fully saturated rings. The van der Waals surface area contributed by atoms with E-state index in [0.29, 0.717) is 23.8 Å². The summed E-state index contributed by atoms with van der Waals surface area (Å²) in [6.45, 7) is 2.19. The zero-order valence-electron chi connectivity index (χ0n) is 12.6. The number of hydrogen-bond donors (Lipinski definition) is 1. The topological polar surface area (TPSA) is 29.1 Å². The van der Waals surface area contributed by atoms with Crippen molar-refractivity contribution in [3.05, 3.63) is 0 Å². The van der Waals surface area contributed by atoms with E-state index in [1.165, 1.54) is 70.6 Å². The molecule has 2 aliphatic rings. The van der Waals surface area contributed by atoms with Crippen molar-refractivity contribution in [1.29, 1.82) is 0 Å². The first-order valence-corrected chi connectivity index (χ1v) is 8.58. The minimum absolute atomic E-state index is 0.335. The predicted molar refractivity (Wildman–Crippen MR) is 80.0 cm³/mol. The van der Waals surface area contributed by atoms with Gasteiger partial charge in [-0.25, -0.2) is 0 Å². The zero-order valence-corrected chi connectivity index (χ0v) is 12.6. The van der Waals surface area contributed by atoms with Crippen LogP contribution in [0.2, 0.25) is 0 Å². The van der Waals surface area contributed by atoms with E-state index >= 15 is 0 Å². The van der Waals surface area contributed by atoms with Gasteiger partial charge in [0.05, 0.1) is 0 Å². The molecule has 0 unspecified atom stereocenters. The first-order chi connectivity index (χ1) is 9.27. The molecule has 2 atom stereocenters. The molecule has 0 aromatic rings. The highest BCUT2D eigenvalue weighted by molar-refractivity contribution is 5.81. The number of carbonyl (C=O) groups is 1. The third-order valence-corrected chi connectivity index (χ3v) is 4.90. The van der Waals surface area contributed by atoms with Gasteiger partial charge in [0.2, 0.25) is 5.91 Å². The zero-order chi connectivity index (χ0) is 13.5. The lowest BCUT2D eigenvalue weighted by Crippen LogP contribution is -2.36. The molecule has 110 valence electrons. The van der Waals surface area contributed by atoms with Crippen molar-refractivity contribution >= 4 is 5.91 Å². The largest absolute Gasteiger partial charge is 0.353 e. The van der Waals surface area contributed by atoms with Crippen LogP contribution in [-0.4, -0.2) is 11.9 Å². The summed E-state index contributed by atoms with van der Waals surface area (Å²) in [4.78, 5) is 12.0. The Bertz CT molecular complexity index is 264. The van der Waals surface area contributed by atoms with Crippen LogP contribution in [0.1, 0.15) is 84.0 Å². The Labute approximate surface area is 118 Å². The maximum absolute atomic E-state index is 12.0. The van der Waals surface area contributed by atoms with Crippen LogP contribution in [0.25, 0.3) is 0 Å². The minimum atomic E-state index is 0.335. The van der Waals surface area contributed by atoms with Crippen molar-refractivity contribution in [3.8, 4) is 0 Å². The molecular formula is C17H31NO. The first-order valence-electron chi connectivity index (χ1n) is 8.58. The number of carbonyl (C=O) groups excluding carboxylic acids is 1. The van der Waals surface area contributed by atoms with E-state index in [1.807, 2.05) is 0 Å². The molecule has 0 aromatic carbocycles. The van der Waals surface area contributed by atoms with E-state index in [1.54, 1.807) is 0 Å². The smallest absolute Gasteiger partial charge is 0.223 e. The number of rotatable bonds is 2. The summed E-state index contributed by atoms with van der Waals surface area (Å²) in [6.07, 6.45) is 15.8. The van der Waals surface area contributed by atoms with E-state index in [4.69, 9.17) is 0 Å². The second kappa shape index (κ2) is 7.91. The Hall–Kier alpha value is -0.530. The van der Waals surface area contributed by atoms with Crippen LogP contribution in [0.3, 0.4) is 0 Å². The van der Waals surface area contributed by atoms with Gasteiger partial charge in [-0.15, -0.1) is 0 Å². The summed E-state index contributed by atoms with van der Waals surface area (Å²) in [5, 5.41) is 3.32. The highest BCUT2D eigenvalue weighted by Crippen LogP contribution is 2.37. The highest BCUT2D eigenvalue weighted by atomic mass is 16.2. The van der Waals surface area contributed by atoms with E-state index in [0.717, 1.165) is 6.42 Å². The van der Waals surface area contributed by atoms with Crippen LogP contribution in [0.5, 0.6) is 0 Å². The van der Waals surface area contributed by atoms with Crippen LogP contribution in [0.15, 0.2) is 0 Å². The van der Waals surface area contributed by atoms with Crippen LogP contribution >= 0.6 is 0 Å². The van der Waals surface area contributed by atoms with Crippen molar-refractivity contribution < 1.29 is 4.79 Å². The molecule has 0 aromatic heterocycles. The molecule has 0 heterocycles. The lowest BCUT2D eigenvalue weighted by Gasteiger charge is -2.19. The lowest BCUT2D eigenvalue weighted by molar-refractivity contribution is -0.123. The predicted octanol–water partition coefficient (Wildman–Crippen LogP) is 4.43. The Balaban J connectivity index is 1.72. The van der Waals surface area contributed by atoms with Crippen LogP contribution in [0, 0.1) is 11.8 Å². The van der Waals surface area contributed by atoms with E-state index in [9.17, 15) is 4.79 Å². The molecule has 19 heavy (non-hydrogen) atoms. The molecule has 2 rings (SSSR count). The van der Waals surface area contributed by atoms with Gasteiger partial charge < -0.3 is 5.32 Å². The van der Waals surface area contributed by atoms with Gasteiger partial charge in [-0.3, -0.25) is 4.79 Å². The molecule has 0 bridgehead atoms. The Kier molecular flexibility index (Phi) is 6.19. The lowest BCUT2D eigenvalue weighted by atomic mass is 9.98. The molecule has 2 aliphatic carbocycles. The second-order valence-electron chi connectivity index (χ2n) is 6.78. The Morgan fingerprint density at radius 1 is 0.842 bits per heavy atom. The van der Waals surface area contributed by atoms with Gasteiger partial charge >= 0.3 is 0 Å². The van der Waals surface area contributed by atoms with Crippen molar-refractivity contribution in [1.82, 2.24) is 5.32 Å². The summed E-state index contributed by atoms with van der Waals surface area (Å²) in [5.41, 5.74) is 0. The number of amides is 1. The van der Waals surface area contributed by atoms with Crippen LogP contribution in [0.4, 0.5) is 0 Å². The van der Waals surface area contributed by atoms with Crippen LogP contribution in [-0.2, 0) is 4.79 Å². The average Bonchev–Trinajstić information content (AvgIpc) is 3.10. The summed E-state index contributed by atoms with van der Waals surface area (Å²) in [5.74, 6) is 1.30. The van der Waals surface area contributed by atoms with Gasteiger partial charge in [0, 0.05) is 12.0 Å².